The Morgan fingerprint density at radius 3 is 2.03 bits per heavy atom. The van der Waals surface area contributed by atoms with Crippen molar-refractivity contribution in [1.82, 2.24) is 9.62 Å². The zero-order valence-electron chi connectivity index (χ0n) is 19.0. The quantitative estimate of drug-likeness (QED) is 0.784. The van der Waals surface area contributed by atoms with Crippen LogP contribution in [0.3, 0.4) is 0 Å². The van der Waals surface area contributed by atoms with Crippen LogP contribution >= 0.6 is 0 Å². The summed E-state index contributed by atoms with van der Waals surface area (Å²) in [6.07, 6.45) is -0.248. The van der Waals surface area contributed by atoms with Crippen molar-refractivity contribution in [2.24, 2.45) is 0 Å². The van der Waals surface area contributed by atoms with Crippen molar-refractivity contribution in [1.29, 1.82) is 0 Å². The Kier molecular flexibility index (Phi) is 6.51. The fourth-order valence-corrected chi connectivity index (χ4v) is 4.28. The highest BCUT2D eigenvalue weighted by atomic mass is 32.2. The number of piperazine rings is 1. The number of anilines is 1. The first-order valence-corrected chi connectivity index (χ1v) is 11.7. The third-order valence-corrected chi connectivity index (χ3v) is 6.95. The fraction of sp³-hybridized carbons (Fsp3) is 0.682. The topological polar surface area (TPSA) is 71.1 Å². The lowest BCUT2D eigenvalue weighted by atomic mass is 9.89. The van der Waals surface area contributed by atoms with Crippen LogP contribution in [-0.2, 0) is 26.0 Å². The van der Waals surface area contributed by atoms with E-state index in [1.807, 2.05) is 41.5 Å². The van der Waals surface area contributed by atoms with Gasteiger partial charge in [-0.25, -0.2) is 13.7 Å². The minimum absolute atomic E-state index is 0.248. The molecule has 2 aliphatic rings. The molecule has 8 heteroatoms. The molecule has 30 heavy (non-hydrogen) atoms. The van der Waals surface area contributed by atoms with Crippen molar-refractivity contribution in [3.05, 3.63) is 29.8 Å². The molecule has 1 aromatic rings. The van der Waals surface area contributed by atoms with Gasteiger partial charge in [0.05, 0.1) is 28.9 Å². The average molecular weight is 438 g/mol. The fourth-order valence-electron chi connectivity index (χ4n) is 3.39. The number of hydrogen-bond donors (Lipinski definition) is 1. The van der Waals surface area contributed by atoms with Crippen LogP contribution in [0.5, 0.6) is 0 Å². The number of carbonyl (C=O) groups is 1. The minimum atomic E-state index is -1.17. The van der Waals surface area contributed by atoms with Gasteiger partial charge in [-0.05, 0) is 59.2 Å². The number of amides is 1. The lowest BCUT2D eigenvalue weighted by molar-refractivity contribution is -0.0659. The van der Waals surface area contributed by atoms with Crippen molar-refractivity contribution in [3.63, 3.8) is 0 Å². The molecule has 0 bridgehead atoms. The lowest BCUT2D eigenvalue weighted by Gasteiger charge is -2.43. The molecule has 168 valence electrons. The number of nitrogens with one attached hydrogen (secondary N) is 1. The molecule has 7 nitrogen and oxygen atoms in total. The Bertz CT molecular complexity index is 771. The van der Waals surface area contributed by atoms with E-state index in [0.29, 0.717) is 26.3 Å². The molecule has 3 rings (SSSR count). The van der Waals surface area contributed by atoms with E-state index in [0.717, 1.165) is 24.3 Å². The van der Waals surface area contributed by atoms with Gasteiger partial charge in [0.25, 0.3) is 0 Å². The second-order valence-electron chi connectivity index (χ2n) is 10.1. The maximum Gasteiger partial charge on any atom is 0.410 e. The van der Waals surface area contributed by atoms with Crippen LogP contribution in [0.4, 0.5) is 10.5 Å². The molecule has 2 fully saturated rings. The molecule has 0 spiro atoms. The monoisotopic (exact) mass is 437 g/mol. The molecule has 0 radical (unpaired) electrons. The third-order valence-electron chi connectivity index (χ3n) is 5.26. The summed E-state index contributed by atoms with van der Waals surface area (Å²) in [5.41, 5.74) is 1.33. The molecular formula is C22H35N3O4S. The highest BCUT2D eigenvalue weighted by Gasteiger charge is 2.43. The molecule has 1 aromatic carbocycles. The SMILES string of the molecule is CC(C)(C)OC(=O)N1CCN(c2ccc(C3(N[S@](=O)C(C)(C)C)COC3)cc2)CC1. The highest BCUT2D eigenvalue weighted by Crippen LogP contribution is 2.32. The summed E-state index contributed by atoms with van der Waals surface area (Å²) in [4.78, 5) is 16.3. The van der Waals surface area contributed by atoms with Crippen molar-refractivity contribution in [2.75, 3.05) is 44.3 Å². The summed E-state index contributed by atoms with van der Waals surface area (Å²) in [6, 6.07) is 8.37. The van der Waals surface area contributed by atoms with Gasteiger partial charge in [0, 0.05) is 31.9 Å². The Morgan fingerprint density at radius 2 is 1.60 bits per heavy atom. The number of rotatable bonds is 4. The van der Waals surface area contributed by atoms with Gasteiger partial charge >= 0.3 is 6.09 Å². The molecule has 1 atom stereocenters. The summed E-state index contributed by atoms with van der Waals surface area (Å²) >= 11 is 0. The van der Waals surface area contributed by atoms with Crippen LogP contribution in [0.1, 0.15) is 47.1 Å². The largest absolute Gasteiger partial charge is 0.444 e. The van der Waals surface area contributed by atoms with Crippen LogP contribution in [0.25, 0.3) is 0 Å². The maximum absolute atomic E-state index is 12.6. The summed E-state index contributed by atoms with van der Waals surface area (Å²) in [5.74, 6) is 0. The number of carbonyl (C=O) groups excluding carboxylic acids is 1. The van der Waals surface area contributed by atoms with Gasteiger partial charge in [-0.15, -0.1) is 0 Å². The second-order valence-corrected chi connectivity index (χ2v) is 12.0. The molecule has 2 heterocycles. The Labute approximate surface area is 182 Å². The van der Waals surface area contributed by atoms with Gasteiger partial charge in [0.2, 0.25) is 0 Å². The van der Waals surface area contributed by atoms with E-state index < -0.39 is 22.1 Å². The Morgan fingerprint density at radius 1 is 1.03 bits per heavy atom. The highest BCUT2D eigenvalue weighted by molar-refractivity contribution is 7.84. The second kappa shape index (κ2) is 8.48. The predicted octanol–water partition coefficient (Wildman–Crippen LogP) is 3.02. The summed E-state index contributed by atoms with van der Waals surface area (Å²) in [5, 5.41) is 0. The third kappa shape index (κ3) is 5.34. The maximum atomic E-state index is 12.6. The van der Waals surface area contributed by atoms with E-state index in [1.54, 1.807) is 4.90 Å². The predicted molar refractivity (Wildman–Crippen MR) is 120 cm³/mol. The molecular weight excluding hydrogens is 402 g/mol. The summed E-state index contributed by atoms with van der Waals surface area (Å²) in [7, 11) is -1.17. The molecule has 0 aromatic heterocycles. The van der Waals surface area contributed by atoms with Crippen LogP contribution in [0.2, 0.25) is 0 Å². The Balaban J connectivity index is 1.61. The van der Waals surface area contributed by atoms with Gasteiger partial charge in [0.15, 0.2) is 0 Å². The van der Waals surface area contributed by atoms with E-state index in [9.17, 15) is 9.00 Å². The van der Waals surface area contributed by atoms with Gasteiger partial charge in [-0.1, -0.05) is 12.1 Å². The Hall–Kier alpha value is -1.64. The smallest absolute Gasteiger partial charge is 0.410 e. The van der Waals surface area contributed by atoms with E-state index in [2.05, 4.69) is 33.9 Å². The van der Waals surface area contributed by atoms with Crippen molar-refractivity contribution >= 4 is 22.8 Å². The van der Waals surface area contributed by atoms with Gasteiger partial charge < -0.3 is 19.3 Å². The summed E-state index contributed by atoms with van der Waals surface area (Å²) in [6.45, 7) is 15.4. The van der Waals surface area contributed by atoms with Gasteiger partial charge in [-0.3, -0.25) is 0 Å². The molecule has 0 aliphatic carbocycles. The van der Waals surface area contributed by atoms with Crippen LogP contribution in [0.15, 0.2) is 24.3 Å². The van der Waals surface area contributed by atoms with Crippen LogP contribution < -0.4 is 9.62 Å². The molecule has 2 aliphatic heterocycles. The molecule has 0 unspecified atom stereocenters. The zero-order chi connectivity index (χ0) is 22.2. The van der Waals surface area contributed by atoms with Crippen LogP contribution in [0, 0.1) is 0 Å². The normalized spacial score (nSPS) is 20.5. The standard InChI is InChI=1S/C22H35N3O4S/c1-20(2,3)29-19(26)25-13-11-24(12-14-25)18-9-7-17(8-10-18)22(15-28-16-22)23-30(27)21(4,5)6/h7-10,23H,11-16H2,1-6H3/t30-/m1/s1. The van der Waals surface area contributed by atoms with Gasteiger partial charge in [0.1, 0.15) is 11.1 Å². The first-order valence-electron chi connectivity index (χ1n) is 10.5. The first-order chi connectivity index (χ1) is 13.9. The number of hydrogen-bond acceptors (Lipinski definition) is 5. The van der Waals surface area contributed by atoms with Crippen LogP contribution in [-0.4, -0.2) is 64.9 Å². The number of nitrogens with zero attached hydrogens (tertiary/aromatic N) is 2. The lowest BCUT2D eigenvalue weighted by Crippen LogP contribution is -2.59. The molecule has 2 saturated heterocycles. The van der Waals surface area contributed by atoms with Crippen molar-refractivity contribution in [2.45, 2.75) is 57.4 Å². The summed E-state index contributed by atoms with van der Waals surface area (Å²) < 4.78 is 26.5. The van der Waals surface area contributed by atoms with Crippen molar-refractivity contribution in [3.8, 4) is 0 Å². The van der Waals surface area contributed by atoms with Gasteiger partial charge in [-0.2, -0.15) is 0 Å². The number of benzene rings is 1. The van der Waals surface area contributed by atoms with E-state index in [-0.39, 0.29) is 10.8 Å². The van der Waals surface area contributed by atoms with E-state index >= 15 is 0 Å². The molecule has 1 amide bonds. The van der Waals surface area contributed by atoms with Crippen molar-refractivity contribution < 1.29 is 18.5 Å². The minimum Gasteiger partial charge on any atom is -0.444 e. The van der Waals surface area contributed by atoms with E-state index in [1.165, 1.54) is 0 Å². The van der Waals surface area contributed by atoms with E-state index in [4.69, 9.17) is 9.47 Å². The first kappa shape index (κ1) is 23.0. The molecule has 1 N–H and O–H groups in total. The average Bonchev–Trinajstić information content (AvgIpc) is 2.62. The molecule has 0 saturated carbocycles. The zero-order valence-corrected chi connectivity index (χ0v) is 19.8. The number of ether oxygens (including phenoxy) is 2.